The van der Waals surface area contributed by atoms with E-state index in [-0.39, 0.29) is 18.3 Å². The van der Waals surface area contributed by atoms with Crippen LogP contribution in [0.4, 0.5) is 4.39 Å². The van der Waals surface area contributed by atoms with Crippen LogP contribution in [-0.2, 0) is 9.53 Å². The Morgan fingerprint density at radius 2 is 2.45 bits per heavy atom. The molecule has 2 atom stereocenters. The summed E-state index contributed by atoms with van der Waals surface area (Å²) < 4.78 is 17.2. The van der Waals surface area contributed by atoms with E-state index in [0.717, 1.165) is 0 Å². The van der Waals surface area contributed by atoms with E-state index >= 15 is 0 Å². The van der Waals surface area contributed by atoms with Gasteiger partial charge in [-0.1, -0.05) is 0 Å². The Morgan fingerprint density at radius 3 is 2.91 bits per heavy atom. The Morgan fingerprint density at radius 1 is 1.73 bits per heavy atom. The molecule has 64 valence electrons. The van der Waals surface area contributed by atoms with Gasteiger partial charge in [-0.2, -0.15) is 0 Å². The Hall–Kier alpha value is -0.640. The summed E-state index contributed by atoms with van der Waals surface area (Å²) in [6.07, 6.45) is -0.709. The van der Waals surface area contributed by atoms with Crippen molar-refractivity contribution in [2.75, 3.05) is 20.2 Å². The van der Waals surface area contributed by atoms with Crippen molar-refractivity contribution in [2.45, 2.75) is 12.6 Å². The molecule has 2 unspecified atom stereocenters. The zero-order chi connectivity index (χ0) is 8.27. The van der Waals surface area contributed by atoms with Crippen molar-refractivity contribution in [3.63, 3.8) is 0 Å². The first kappa shape index (κ1) is 8.46. The Labute approximate surface area is 64.9 Å². The van der Waals surface area contributed by atoms with E-state index in [1.54, 1.807) is 0 Å². The molecular formula is C7H12FNO2. The maximum absolute atomic E-state index is 12.8. The topological polar surface area (TPSA) is 38.3 Å². The zero-order valence-electron chi connectivity index (χ0n) is 6.47. The van der Waals surface area contributed by atoms with Gasteiger partial charge in [0.2, 0.25) is 0 Å². The second kappa shape index (κ2) is 3.67. The summed E-state index contributed by atoms with van der Waals surface area (Å²) in [5, 5.41) is 2.87. The second-order valence-electron chi connectivity index (χ2n) is 2.71. The van der Waals surface area contributed by atoms with Crippen molar-refractivity contribution in [1.82, 2.24) is 5.32 Å². The first-order valence-corrected chi connectivity index (χ1v) is 3.65. The summed E-state index contributed by atoms with van der Waals surface area (Å²) in [5.41, 5.74) is 0. The minimum atomic E-state index is -0.894. The number of hydrogen-bond donors (Lipinski definition) is 1. The summed E-state index contributed by atoms with van der Waals surface area (Å²) in [6.45, 7) is 0.942. The fourth-order valence-corrected chi connectivity index (χ4v) is 1.20. The third-order valence-corrected chi connectivity index (χ3v) is 1.91. The van der Waals surface area contributed by atoms with E-state index in [9.17, 15) is 9.18 Å². The smallest absolute Gasteiger partial charge is 0.305 e. The second-order valence-corrected chi connectivity index (χ2v) is 2.71. The summed E-state index contributed by atoms with van der Waals surface area (Å²) in [4.78, 5) is 10.7. The monoisotopic (exact) mass is 161 g/mol. The molecule has 1 heterocycles. The Kier molecular flexibility index (Phi) is 2.82. The molecule has 11 heavy (non-hydrogen) atoms. The highest BCUT2D eigenvalue weighted by atomic mass is 19.1. The van der Waals surface area contributed by atoms with Crippen molar-refractivity contribution in [1.29, 1.82) is 0 Å². The van der Waals surface area contributed by atoms with E-state index in [1.165, 1.54) is 7.11 Å². The van der Waals surface area contributed by atoms with Gasteiger partial charge >= 0.3 is 5.97 Å². The number of halogens is 1. The van der Waals surface area contributed by atoms with Crippen LogP contribution in [0.15, 0.2) is 0 Å². The summed E-state index contributed by atoms with van der Waals surface area (Å²) in [7, 11) is 1.32. The Bertz CT molecular complexity index is 151. The van der Waals surface area contributed by atoms with Crippen LogP contribution < -0.4 is 5.32 Å². The van der Waals surface area contributed by atoms with Gasteiger partial charge in [0.1, 0.15) is 6.17 Å². The molecule has 0 spiro atoms. The highest BCUT2D eigenvalue weighted by Crippen LogP contribution is 2.16. The number of carbonyl (C=O) groups is 1. The lowest BCUT2D eigenvalue weighted by molar-refractivity contribution is -0.142. The third-order valence-electron chi connectivity index (χ3n) is 1.91. The van der Waals surface area contributed by atoms with Gasteiger partial charge < -0.3 is 10.1 Å². The summed E-state index contributed by atoms with van der Waals surface area (Å²) >= 11 is 0. The minimum Gasteiger partial charge on any atom is -0.469 e. The van der Waals surface area contributed by atoms with Gasteiger partial charge in [0.15, 0.2) is 0 Å². The first-order valence-electron chi connectivity index (χ1n) is 3.65. The van der Waals surface area contributed by atoms with Crippen LogP contribution in [0.1, 0.15) is 6.42 Å². The lowest BCUT2D eigenvalue weighted by Crippen LogP contribution is -2.18. The molecular weight excluding hydrogens is 149 g/mol. The predicted molar refractivity (Wildman–Crippen MR) is 37.9 cm³/mol. The molecule has 4 heteroatoms. The molecule has 1 fully saturated rings. The van der Waals surface area contributed by atoms with Crippen LogP contribution in [0, 0.1) is 5.92 Å². The molecule has 1 N–H and O–H groups in total. The van der Waals surface area contributed by atoms with Crippen molar-refractivity contribution in [2.24, 2.45) is 5.92 Å². The molecule has 0 radical (unpaired) electrons. The van der Waals surface area contributed by atoms with Crippen LogP contribution in [0.5, 0.6) is 0 Å². The third kappa shape index (κ3) is 2.15. The van der Waals surface area contributed by atoms with Crippen LogP contribution in [-0.4, -0.2) is 32.3 Å². The van der Waals surface area contributed by atoms with Crippen LogP contribution in [0.3, 0.4) is 0 Å². The molecule has 0 saturated carbocycles. The van der Waals surface area contributed by atoms with Gasteiger partial charge in [0.05, 0.1) is 13.5 Å². The van der Waals surface area contributed by atoms with Gasteiger partial charge in [-0.3, -0.25) is 4.79 Å². The average Bonchev–Trinajstić information content (AvgIpc) is 2.37. The minimum absolute atomic E-state index is 0.185. The van der Waals surface area contributed by atoms with E-state index in [1.807, 2.05) is 0 Å². The van der Waals surface area contributed by atoms with Crippen LogP contribution >= 0.6 is 0 Å². The van der Waals surface area contributed by atoms with E-state index in [0.29, 0.717) is 13.1 Å². The molecule has 0 aromatic rings. The van der Waals surface area contributed by atoms with Crippen LogP contribution in [0.25, 0.3) is 0 Å². The maximum Gasteiger partial charge on any atom is 0.305 e. The lowest BCUT2D eigenvalue weighted by atomic mass is 10.0. The molecule has 0 aromatic heterocycles. The molecule has 1 aliphatic heterocycles. The number of methoxy groups -OCH3 is 1. The normalized spacial score (nSPS) is 30.4. The molecule has 1 aliphatic rings. The van der Waals surface area contributed by atoms with Gasteiger partial charge in [-0.15, -0.1) is 0 Å². The largest absolute Gasteiger partial charge is 0.469 e. The zero-order valence-corrected chi connectivity index (χ0v) is 6.47. The number of alkyl halides is 1. The van der Waals surface area contributed by atoms with Crippen molar-refractivity contribution < 1.29 is 13.9 Å². The van der Waals surface area contributed by atoms with Gasteiger partial charge in [-0.05, 0) is 0 Å². The summed E-state index contributed by atoms with van der Waals surface area (Å²) in [6, 6.07) is 0. The Balaban J connectivity index is 2.30. The highest BCUT2D eigenvalue weighted by Gasteiger charge is 2.28. The average molecular weight is 161 g/mol. The maximum atomic E-state index is 12.8. The fraction of sp³-hybridized carbons (Fsp3) is 0.857. The van der Waals surface area contributed by atoms with E-state index in [4.69, 9.17) is 0 Å². The molecule has 1 saturated heterocycles. The van der Waals surface area contributed by atoms with E-state index in [2.05, 4.69) is 10.1 Å². The fourth-order valence-electron chi connectivity index (χ4n) is 1.20. The van der Waals surface area contributed by atoms with Gasteiger partial charge in [0.25, 0.3) is 0 Å². The molecule has 1 rings (SSSR count). The number of nitrogens with one attached hydrogen (secondary N) is 1. The van der Waals surface area contributed by atoms with Gasteiger partial charge in [0, 0.05) is 19.0 Å². The van der Waals surface area contributed by atoms with Gasteiger partial charge in [-0.25, -0.2) is 4.39 Å². The molecule has 0 bridgehead atoms. The number of rotatable bonds is 2. The predicted octanol–water partition coefficient (Wildman–Crippen LogP) is 0.107. The van der Waals surface area contributed by atoms with E-state index < -0.39 is 6.17 Å². The van der Waals surface area contributed by atoms with Crippen molar-refractivity contribution in [3.8, 4) is 0 Å². The highest BCUT2D eigenvalue weighted by molar-refractivity contribution is 5.69. The molecule has 0 aromatic carbocycles. The molecule has 0 aliphatic carbocycles. The number of ether oxygens (including phenoxy) is 1. The number of carbonyl (C=O) groups excluding carboxylic acids is 1. The van der Waals surface area contributed by atoms with Crippen molar-refractivity contribution in [3.05, 3.63) is 0 Å². The number of hydrogen-bond acceptors (Lipinski definition) is 3. The SMILES string of the molecule is COC(=O)CC1CNCC1F. The molecule has 0 amide bonds. The lowest BCUT2D eigenvalue weighted by Gasteiger charge is -2.08. The summed E-state index contributed by atoms with van der Waals surface area (Å²) in [5.74, 6) is -0.524. The quantitative estimate of drug-likeness (QED) is 0.584. The number of esters is 1. The standard InChI is InChI=1S/C7H12FNO2/c1-11-7(10)2-5-3-9-4-6(5)8/h5-6,9H,2-4H2,1H3. The molecule has 3 nitrogen and oxygen atoms in total. The van der Waals surface area contributed by atoms with Crippen LogP contribution in [0.2, 0.25) is 0 Å². The van der Waals surface area contributed by atoms with Crippen molar-refractivity contribution >= 4 is 5.97 Å². The first-order chi connectivity index (χ1) is 5.24.